The average Bonchev–Trinajstić information content (AvgIpc) is 3.05. The van der Waals surface area contributed by atoms with Crippen LogP contribution in [0.2, 0.25) is 0 Å². The molecule has 0 bridgehead atoms. The molecular weight excluding hydrogens is 260 g/mol. The van der Waals surface area contributed by atoms with Gasteiger partial charge in [0.25, 0.3) is 0 Å². The topological polar surface area (TPSA) is 70.1 Å². The van der Waals surface area contributed by atoms with Gasteiger partial charge in [0.15, 0.2) is 0 Å². The Morgan fingerprint density at radius 3 is 2.65 bits per heavy atom. The molecule has 2 heterocycles. The van der Waals surface area contributed by atoms with Crippen LogP contribution in [-0.4, -0.2) is 66.3 Å². The van der Waals surface area contributed by atoms with Gasteiger partial charge < -0.3 is 19.6 Å². The summed E-state index contributed by atoms with van der Waals surface area (Å²) >= 11 is 0. The highest BCUT2D eigenvalue weighted by Crippen LogP contribution is 2.36. The summed E-state index contributed by atoms with van der Waals surface area (Å²) in [5, 5.41) is 9.47. The summed E-state index contributed by atoms with van der Waals surface area (Å²) in [6.45, 7) is 4.17. The third-order valence-electron chi connectivity index (χ3n) is 4.56. The molecule has 20 heavy (non-hydrogen) atoms. The Labute approximate surface area is 119 Å². The number of carboxylic acid groups (broad SMARTS) is 1. The van der Waals surface area contributed by atoms with E-state index in [9.17, 15) is 14.7 Å². The van der Waals surface area contributed by atoms with Crippen LogP contribution < -0.4 is 0 Å². The number of aliphatic carboxylic acids is 1. The highest BCUT2D eigenvalue weighted by molar-refractivity contribution is 5.80. The molecule has 0 saturated carbocycles. The van der Waals surface area contributed by atoms with E-state index in [-0.39, 0.29) is 12.1 Å². The summed E-state index contributed by atoms with van der Waals surface area (Å²) < 4.78 is 5.27. The van der Waals surface area contributed by atoms with Crippen LogP contribution in [0.3, 0.4) is 0 Å². The summed E-state index contributed by atoms with van der Waals surface area (Å²) in [7, 11) is 1.66. The van der Waals surface area contributed by atoms with Gasteiger partial charge in [-0.25, -0.2) is 4.79 Å². The zero-order chi connectivity index (χ0) is 14.8. The number of hydrogen-bond acceptors (Lipinski definition) is 3. The van der Waals surface area contributed by atoms with E-state index in [1.54, 1.807) is 16.9 Å². The molecule has 2 unspecified atom stereocenters. The van der Waals surface area contributed by atoms with Gasteiger partial charge in [0.2, 0.25) is 0 Å². The van der Waals surface area contributed by atoms with Gasteiger partial charge in [0.1, 0.15) is 0 Å². The normalized spacial score (nSPS) is 30.0. The monoisotopic (exact) mass is 284 g/mol. The number of nitrogens with zero attached hydrogens (tertiary/aromatic N) is 2. The van der Waals surface area contributed by atoms with Gasteiger partial charge in [-0.15, -0.1) is 0 Å². The number of carboxylic acids is 1. The lowest BCUT2D eigenvalue weighted by Crippen LogP contribution is -2.43. The minimum Gasteiger partial charge on any atom is -0.481 e. The first-order chi connectivity index (χ1) is 9.52. The van der Waals surface area contributed by atoms with Crippen LogP contribution in [0, 0.1) is 5.41 Å². The zero-order valence-electron chi connectivity index (χ0n) is 12.3. The first-order valence-electron chi connectivity index (χ1n) is 7.32. The SMILES string of the molecule is CCCC1(C(=O)O)CCN(C(=O)N2CCC(OC)C2)C1. The summed E-state index contributed by atoms with van der Waals surface area (Å²) in [5.41, 5.74) is -0.745. The number of likely N-dealkylation sites (tertiary alicyclic amines) is 2. The minimum atomic E-state index is -0.772. The molecule has 0 aromatic carbocycles. The summed E-state index contributed by atoms with van der Waals surface area (Å²) in [6.07, 6.45) is 2.98. The fraction of sp³-hybridized carbons (Fsp3) is 0.857. The number of urea groups is 1. The molecule has 0 aliphatic carbocycles. The van der Waals surface area contributed by atoms with Gasteiger partial charge in [-0.1, -0.05) is 13.3 Å². The maximum absolute atomic E-state index is 12.4. The van der Waals surface area contributed by atoms with Crippen molar-refractivity contribution in [1.82, 2.24) is 9.80 Å². The second-order valence-electron chi connectivity index (χ2n) is 5.88. The Balaban J connectivity index is 1.98. The van der Waals surface area contributed by atoms with Crippen molar-refractivity contribution >= 4 is 12.0 Å². The quantitative estimate of drug-likeness (QED) is 0.847. The van der Waals surface area contributed by atoms with Gasteiger partial charge >= 0.3 is 12.0 Å². The molecule has 2 amide bonds. The fourth-order valence-corrected chi connectivity index (χ4v) is 3.29. The first kappa shape index (κ1) is 15.1. The van der Waals surface area contributed by atoms with E-state index in [0.717, 1.165) is 12.8 Å². The van der Waals surface area contributed by atoms with Crippen LogP contribution in [0.15, 0.2) is 0 Å². The van der Waals surface area contributed by atoms with Crippen molar-refractivity contribution < 1.29 is 19.4 Å². The predicted molar refractivity (Wildman–Crippen MR) is 73.5 cm³/mol. The van der Waals surface area contributed by atoms with Crippen molar-refractivity contribution in [2.45, 2.75) is 38.7 Å². The molecule has 2 saturated heterocycles. The van der Waals surface area contributed by atoms with Crippen molar-refractivity contribution in [3.63, 3.8) is 0 Å². The molecule has 2 aliphatic rings. The molecule has 0 spiro atoms. The third kappa shape index (κ3) is 2.75. The Morgan fingerprint density at radius 2 is 2.10 bits per heavy atom. The van der Waals surface area contributed by atoms with E-state index in [1.807, 2.05) is 6.92 Å². The van der Waals surface area contributed by atoms with Gasteiger partial charge in [-0.05, 0) is 19.3 Å². The molecule has 6 nitrogen and oxygen atoms in total. The molecule has 0 radical (unpaired) electrons. The first-order valence-corrected chi connectivity index (χ1v) is 7.32. The number of ether oxygens (including phenoxy) is 1. The minimum absolute atomic E-state index is 0.0382. The molecule has 2 aliphatic heterocycles. The van der Waals surface area contributed by atoms with Crippen molar-refractivity contribution in [3.8, 4) is 0 Å². The van der Waals surface area contributed by atoms with Crippen LogP contribution >= 0.6 is 0 Å². The Morgan fingerprint density at radius 1 is 1.35 bits per heavy atom. The molecule has 2 fully saturated rings. The Hall–Kier alpha value is -1.30. The van der Waals surface area contributed by atoms with Gasteiger partial charge in [-0.3, -0.25) is 4.79 Å². The second kappa shape index (κ2) is 5.99. The van der Waals surface area contributed by atoms with E-state index in [0.29, 0.717) is 39.0 Å². The Bertz CT molecular complexity index is 387. The van der Waals surface area contributed by atoms with Crippen molar-refractivity contribution in [1.29, 1.82) is 0 Å². The molecule has 2 atom stereocenters. The number of carbonyl (C=O) groups is 2. The maximum Gasteiger partial charge on any atom is 0.320 e. The molecule has 0 aromatic rings. The highest BCUT2D eigenvalue weighted by Gasteiger charge is 2.46. The zero-order valence-corrected chi connectivity index (χ0v) is 12.3. The lowest BCUT2D eigenvalue weighted by Gasteiger charge is -2.27. The van der Waals surface area contributed by atoms with Crippen LogP contribution in [0.4, 0.5) is 4.79 Å². The molecule has 2 rings (SSSR count). The smallest absolute Gasteiger partial charge is 0.320 e. The van der Waals surface area contributed by atoms with E-state index in [2.05, 4.69) is 0 Å². The van der Waals surface area contributed by atoms with E-state index in [4.69, 9.17) is 4.74 Å². The van der Waals surface area contributed by atoms with Crippen molar-refractivity contribution in [2.24, 2.45) is 5.41 Å². The van der Waals surface area contributed by atoms with Crippen molar-refractivity contribution in [3.05, 3.63) is 0 Å². The summed E-state index contributed by atoms with van der Waals surface area (Å²) in [4.78, 5) is 27.4. The van der Waals surface area contributed by atoms with Crippen LogP contribution in [0.25, 0.3) is 0 Å². The van der Waals surface area contributed by atoms with Crippen LogP contribution in [0.5, 0.6) is 0 Å². The molecular formula is C14H24N2O4. The second-order valence-corrected chi connectivity index (χ2v) is 5.88. The third-order valence-corrected chi connectivity index (χ3v) is 4.56. The van der Waals surface area contributed by atoms with E-state index < -0.39 is 11.4 Å². The number of methoxy groups -OCH3 is 1. The largest absolute Gasteiger partial charge is 0.481 e. The number of carbonyl (C=O) groups excluding carboxylic acids is 1. The van der Waals surface area contributed by atoms with Gasteiger partial charge in [-0.2, -0.15) is 0 Å². The lowest BCUT2D eigenvalue weighted by atomic mass is 9.83. The van der Waals surface area contributed by atoms with Crippen LogP contribution in [0.1, 0.15) is 32.6 Å². The summed E-state index contributed by atoms with van der Waals surface area (Å²) in [6, 6.07) is -0.0382. The highest BCUT2D eigenvalue weighted by atomic mass is 16.5. The van der Waals surface area contributed by atoms with Crippen molar-refractivity contribution in [2.75, 3.05) is 33.3 Å². The average molecular weight is 284 g/mol. The van der Waals surface area contributed by atoms with E-state index in [1.165, 1.54) is 0 Å². The van der Waals surface area contributed by atoms with Gasteiger partial charge in [0, 0.05) is 33.3 Å². The van der Waals surface area contributed by atoms with Crippen LogP contribution in [-0.2, 0) is 9.53 Å². The number of hydrogen-bond donors (Lipinski definition) is 1. The molecule has 1 N–H and O–H groups in total. The maximum atomic E-state index is 12.4. The molecule has 114 valence electrons. The lowest BCUT2D eigenvalue weighted by molar-refractivity contribution is -0.148. The fourth-order valence-electron chi connectivity index (χ4n) is 3.29. The predicted octanol–water partition coefficient (Wildman–Crippen LogP) is 1.40. The standard InChI is InChI=1S/C14H24N2O4/c1-3-5-14(12(17)18)6-8-16(10-14)13(19)15-7-4-11(9-15)20-2/h11H,3-10H2,1-2H3,(H,17,18). The molecule has 6 heteroatoms. The Kier molecular flexibility index (Phi) is 4.52. The molecule has 0 aromatic heterocycles. The number of rotatable bonds is 4. The number of amides is 2. The van der Waals surface area contributed by atoms with Gasteiger partial charge in [0.05, 0.1) is 11.5 Å². The van der Waals surface area contributed by atoms with E-state index >= 15 is 0 Å². The summed E-state index contributed by atoms with van der Waals surface area (Å²) in [5.74, 6) is -0.772.